The summed E-state index contributed by atoms with van der Waals surface area (Å²) in [5.41, 5.74) is 1.12. The van der Waals surface area contributed by atoms with Gasteiger partial charge in [0.15, 0.2) is 0 Å². The molecule has 0 aromatic heterocycles. The van der Waals surface area contributed by atoms with Crippen LogP contribution in [0.1, 0.15) is 12.5 Å². The number of hydrogen-bond donors (Lipinski definition) is 0. The molecule has 0 spiro atoms. The van der Waals surface area contributed by atoms with Crippen molar-refractivity contribution < 1.29 is 9.53 Å². The Morgan fingerprint density at radius 3 is 2.43 bits per heavy atom. The summed E-state index contributed by atoms with van der Waals surface area (Å²) >= 11 is 7.40. The number of hydrogen-bond acceptors (Lipinski definition) is 3. The van der Waals surface area contributed by atoms with Gasteiger partial charge in [0.1, 0.15) is 5.25 Å². The predicted molar refractivity (Wildman–Crippen MR) is 87.9 cm³/mol. The lowest BCUT2D eigenvalue weighted by molar-refractivity contribution is -0.142. The van der Waals surface area contributed by atoms with Gasteiger partial charge in [0.25, 0.3) is 0 Å². The van der Waals surface area contributed by atoms with Crippen LogP contribution in [0, 0.1) is 0 Å². The second kappa shape index (κ2) is 8.11. The van der Waals surface area contributed by atoms with E-state index in [1.807, 2.05) is 61.5 Å². The predicted octanol–water partition coefficient (Wildman–Crippen LogP) is 4.61. The number of halogens is 1. The molecule has 110 valence electrons. The Labute approximate surface area is 134 Å². The van der Waals surface area contributed by atoms with Crippen LogP contribution in [0.4, 0.5) is 0 Å². The fourth-order valence-corrected chi connectivity index (χ4v) is 3.10. The van der Waals surface area contributed by atoms with Gasteiger partial charge in [0, 0.05) is 9.92 Å². The van der Waals surface area contributed by atoms with Crippen LogP contribution in [0.3, 0.4) is 0 Å². The van der Waals surface area contributed by atoms with Gasteiger partial charge in [-0.05, 0) is 43.2 Å². The summed E-state index contributed by atoms with van der Waals surface area (Å²) in [7, 11) is 0. The molecule has 21 heavy (non-hydrogen) atoms. The zero-order valence-electron chi connectivity index (χ0n) is 11.8. The van der Waals surface area contributed by atoms with E-state index in [1.165, 1.54) is 11.8 Å². The largest absolute Gasteiger partial charge is 0.465 e. The van der Waals surface area contributed by atoms with E-state index in [2.05, 4.69) is 0 Å². The number of rotatable bonds is 6. The number of esters is 1. The summed E-state index contributed by atoms with van der Waals surface area (Å²) in [5, 5.41) is 0.434. The molecule has 0 saturated heterocycles. The Balaban J connectivity index is 2.11. The van der Waals surface area contributed by atoms with Crippen LogP contribution in [-0.4, -0.2) is 17.8 Å². The van der Waals surface area contributed by atoms with Crippen molar-refractivity contribution >= 4 is 29.3 Å². The molecule has 0 aliphatic carbocycles. The number of ether oxygens (including phenoxy) is 1. The third-order valence-electron chi connectivity index (χ3n) is 2.91. The van der Waals surface area contributed by atoms with E-state index in [0.29, 0.717) is 18.1 Å². The summed E-state index contributed by atoms with van der Waals surface area (Å²) in [6.07, 6.45) is 0.646. The second-order valence-electron chi connectivity index (χ2n) is 4.50. The van der Waals surface area contributed by atoms with Crippen LogP contribution in [0.25, 0.3) is 0 Å². The first-order valence-corrected chi connectivity index (χ1v) is 8.07. The lowest BCUT2D eigenvalue weighted by atomic mass is 10.1. The smallest absolute Gasteiger partial charge is 0.319 e. The zero-order valence-corrected chi connectivity index (χ0v) is 13.4. The molecule has 0 radical (unpaired) electrons. The Hall–Kier alpha value is -1.45. The molecule has 1 atom stereocenters. The normalized spacial score (nSPS) is 11.9. The summed E-state index contributed by atoms with van der Waals surface area (Å²) < 4.78 is 5.19. The average Bonchev–Trinajstić information content (AvgIpc) is 2.50. The zero-order chi connectivity index (χ0) is 15.1. The van der Waals surface area contributed by atoms with Crippen LogP contribution < -0.4 is 0 Å². The molecule has 2 nitrogen and oxygen atoms in total. The first kappa shape index (κ1) is 15.9. The Morgan fingerprint density at radius 1 is 1.14 bits per heavy atom. The van der Waals surface area contributed by atoms with Crippen molar-refractivity contribution in [3.63, 3.8) is 0 Å². The van der Waals surface area contributed by atoms with Gasteiger partial charge in [0.2, 0.25) is 0 Å². The highest BCUT2D eigenvalue weighted by Crippen LogP contribution is 2.28. The number of thioether (sulfide) groups is 1. The average molecular weight is 321 g/mol. The minimum Gasteiger partial charge on any atom is -0.465 e. The van der Waals surface area contributed by atoms with Crippen molar-refractivity contribution in [2.75, 3.05) is 6.61 Å². The molecule has 0 aliphatic heterocycles. The fraction of sp³-hybridized carbons (Fsp3) is 0.235. The van der Waals surface area contributed by atoms with Crippen molar-refractivity contribution in [2.45, 2.75) is 23.5 Å². The van der Waals surface area contributed by atoms with Crippen molar-refractivity contribution in [2.24, 2.45) is 0 Å². The lowest BCUT2D eigenvalue weighted by Crippen LogP contribution is -2.22. The van der Waals surface area contributed by atoms with Crippen LogP contribution in [0.5, 0.6) is 0 Å². The molecule has 2 aromatic carbocycles. The van der Waals surface area contributed by atoms with Gasteiger partial charge in [0.05, 0.1) is 6.61 Å². The Kier molecular flexibility index (Phi) is 6.15. The minimum atomic E-state index is -0.256. The molecule has 0 heterocycles. The van der Waals surface area contributed by atoms with Crippen molar-refractivity contribution in [1.29, 1.82) is 0 Å². The molecule has 0 saturated carbocycles. The quantitative estimate of drug-likeness (QED) is 0.574. The molecular weight excluding hydrogens is 304 g/mol. The van der Waals surface area contributed by atoms with Crippen LogP contribution in [0.15, 0.2) is 59.5 Å². The van der Waals surface area contributed by atoms with E-state index in [-0.39, 0.29) is 11.2 Å². The second-order valence-corrected chi connectivity index (χ2v) is 6.21. The molecule has 4 heteroatoms. The Bertz CT molecular complexity index is 569. The summed E-state index contributed by atoms with van der Waals surface area (Å²) in [6, 6.07) is 17.5. The summed E-state index contributed by atoms with van der Waals surface area (Å²) in [6.45, 7) is 2.22. The molecular formula is C17H17ClO2S. The molecule has 0 aliphatic rings. The van der Waals surface area contributed by atoms with Gasteiger partial charge in [-0.15, -0.1) is 11.8 Å². The molecule has 2 rings (SSSR count). The highest BCUT2D eigenvalue weighted by molar-refractivity contribution is 8.00. The molecule has 0 amide bonds. The monoisotopic (exact) mass is 320 g/mol. The SMILES string of the molecule is CCOC(=O)C(Cc1ccccc1)Sc1ccc(Cl)cc1. The van der Waals surface area contributed by atoms with E-state index in [9.17, 15) is 4.79 Å². The van der Waals surface area contributed by atoms with E-state index in [1.54, 1.807) is 0 Å². The van der Waals surface area contributed by atoms with Gasteiger partial charge in [-0.1, -0.05) is 41.9 Å². The van der Waals surface area contributed by atoms with Crippen LogP contribution >= 0.6 is 23.4 Å². The first-order chi connectivity index (χ1) is 10.2. The molecule has 0 fully saturated rings. The fourth-order valence-electron chi connectivity index (χ4n) is 1.91. The Morgan fingerprint density at radius 2 is 1.81 bits per heavy atom. The minimum absolute atomic E-state index is 0.179. The molecule has 2 aromatic rings. The van der Waals surface area contributed by atoms with E-state index in [0.717, 1.165) is 10.5 Å². The van der Waals surface area contributed by atoms with Crippen molar-refractivity contribution in [3.05, 3.63) is 65.2 Å². The number of benzene rings is 2. The summed E-state index contributed by atoms with van der Waals surface area (Å²) in [5.74, 6) is -0.179. The third-order valence-corrected chi connectivity index (χ3v) is 4.35. The first-order valence-electron chi connectivity index (χ1n) is 6.82. The maximum Gasteiger partial charge on any atom is 0.319 e. The maximum atomic E-state index is 12.1. The number of carbonyl (C=O) groups is 1. The van der Waals surface area contributed by atoms with Gasteiger partial charge < -0.3 is 4.74 Å². The molecule has 0 bridgehead atoms. The van der Waals surface area contributed by atoms with Gasteiger partial charge in [-0.3, -0.25) is 4.79 Å². The standard InChI is InChI=1S/C17H17ClO2S/c1-2-20-17(19)16(12-13-6-4-3-5-7-13)21-15-10-8-14(18)9-11-15/h3-11,16H,2,12H2,1H3. The van der Waals surface area contributed by atoms with Crippen molar-refractivity contribution in [3.8, 4) is 0 Å². The number of carbonyl (C=O) groups excluding carboxylic acids is 1. The van der Waals surface area contributed by atoms with Crippen LogP contribution in [0.2, 0.25) is 5.02 Å². The van der Waals surface area contributed by atoms with E-state index in [4.69, 9.17) is 16.3 Å². The lowest BCUT2D eigenvalue weighted by Gasteiger charge is -2.15. The molecule has 1 unspecified atom stereocenters. The topological polar surface area (TPSA) is 26.3 Å². The van der Waals surface area contributed by atoms with Crippen LogP contribution in [-0.2, 0) is 16.0 Å². The maximum absolute atomic E-state index is 12.1. The third kappa shape index (κ3) is 5.10. The van der Waals surface area contributed by atoms with E-state index >= 15 is 0 Å². The highest BCUT2D eigenvalue weighted by atomic mass is 35.5. The van der Waals surface area contributed by atoms with Crippen molar-refractivity contribution in [1.82, 2.24) is 0 Å². The van der Waals surface area contributed by atoms with Gasteiger partial charge in [-0.25, -0.2) is 0 Å². The van der Waals surface area contributed by atoms with Gasteiger partial charge >= 0.3 is 5.97 Å². The van der Waals surface area contributed by atoms with E-state index < -0.39 is 0 Å². The van der Waals surface area contributed by atoms with Gasteiger partial charge in [-0.2, -0.15) is 0 Å². The summed E-state index contributed by atoms with van der Waals surface area (Å²) in [4.78, 5) is 13.2. The highest BCUT2D eigenvalue weighted by Gasteiger charge is 2.21. The molecule has 0 N–H and O–H groups in total.